The molecule has 1 aliphatic rings. The molecule has 1 aliphatic heterocycles. The Morgan fingerprint density at radius 2 is 2.12 bits per heavy atom. The molecule has 0 saturated carbocycles. The van der Waals surface area contributed by atoms with E-state index in [1.54, 1.807) is 7.11 Å². The van der Waals surface area contributed by atoms with Gasteiger partial charge in [-0.1, -0.05) is 6.07 Å². The van der Waals surface area contributed by atoms with Crippen molar-refractivity contribution in [2.75, 3.05) is 33.9 Å². The van der Waals surface area contributed by atoms with Crippen molar-refractivity contribution < 1.29 is 9.47 Å². The normalized spacial score (nSPS) is 15.9. The highest BCUT2D eigenvalue weighted by molar-refractivity contribution is 5.37. The third kappa shape index (κ3) is 2.74. The minimum Gasteiger partial charge on any atom is -0.491 e. The average Bonchev–Trinajstić information content (AvgIpc) is 2.29. The van der Waals surface area contributed by atoms with E-state index in [0.29, 0.717) is 13.2 Å². The molecule has 0 aliphatic carbocycles. The molecule has 3 nitrogen and oxygen atoms in total. The van der Waals surface area contributed by atoms with Gasteiger partial charge in [-0.2, -0.15) is 0 Å². The number of ether oxygens (including phenoxy) is 2. The van der Waals surface area contributed by atoms with Gasteiger partial charge in [-0.15, -0.1) is 0 Å². The Morgan fingerprint density at radius 3 is 2.94 bits per heavy atom. The van der Waals surface area contributed by atoms with Crippen LogP contribution in [-0.2, 0) is 17.7 Å². The zero-order valence-electron chi connectivity index (χ0n) is 10.0. The van der Waals surface area contributed by atoms with Crippen LogP contribution in [0.2, 0.25) is 0 Å². The maximum Gasteiger partial charge on any atom is 0.119 e. The lowest BCUT2D eigenvalue weighted by molar-refractivity contribution is 0.146. The van der Waals surface area contributed by atoms with Crippen LogP contribution in [-0.4, -0.2) is 38.8 Å². The molecule has 16 heavy (non-hydrogen) atoms. The highest BCUT2D eigenvalue weighted by atomic mass is 16.5. The second kappa shape index (κ2) is 5.32. The van der Waals surface area contributed by atoms with Gasteiger partial charge in [0.2, 0.25) is 0 Å². The largest absolute Gasteiger partial charge is 0.491 e. The molecule has 1 aromatic carbocycles. The number of rotatable bonds is 4. The van der Waals surface area contributed by atoms with Crippen molar-refractivity contribution >= 4 is 0 Å². The predicted octanol–water partition coefficient (Wildman–Crippen LogP) is 1.70. The van der Waals surface area contributed by atoms with Gasteiger partial charge in [0.05, 0.1) is 6.61 Å². The maximum absolute atomic E-state index is 5.60. The van der Waals surface area contributed by atoms with Crippen LogP contribution in [0.5, 0.6) is 5.75 Å². The summed E-state index contributed by atoms with van der Waals surface area (Å²) in [6, 6.07) is 6.39. The number of likely N-dealkylation sites (N-methyl/N-ethyl adjacent to an activating group) is 1. The maximum atomic E-state index is 5.60. The van der Waals surface area contributed by atoms with Crippen molar-refractivity contribution in [3.8, 4) is 5.75 Å². The van der Waals surface area contributed by atoms with Gasteiger partial charge in [-0.25, -0.2) is 0 Å². The number of hydrogen-bond donors (Lipinski definition) is 0. The van der Waals surface area contributed by atoms with Crippen LogP contribution in [0.15, 0.2) is 18.2 Å². The van der Waals surface area contributed by atoms with Gasteiger partial charge in [0.1, 0.15) is 12.4 Å². The molecule has 0 N–H and O–H groups in total. The fourth-order valence-electron chi connectivity index (χ4n) is 2.00. The molecule has 0 atom stereocenters. The van der Waals surface area contributed by atoms with Crippen LogP contribution in [0.25, 0.3) is 0 Å². The van der Waals surface area contributed by atoms with E-state index in [1.165, 1.54) is 11.1 Å². The molecule has 3 heteroatoms. The number of hydrogen-bond acceptors (Lipinski definition) is 3. The topological polar surface area (TPSA) is 21.7 Å². The highest BCUT2D eigenvalue weighted by Gasteiger charge is 2.13. The number of fused-ring (bicyclic) bond motifs is 1. The van der Waals surface area contributed by atoms with Gasteiger partial charge in [-0.05, 0) is 36.7 Å². The lowest BCUT2D eigenvalue weighted by atomic mass is 10.00. The Kier molecular flexibility index (Phi) is 3.80. The quantitative estimate of drug-likeness (QED) is 0.722. The summed E-state index contributed by atoms with van der Waals surface area (Å²) in [7, 11) is 3.85. The Bertz CT molecular complexity index is 352. The van der Waals surface area contributed by atoms with E-state index in [-0.39, 0.29) is 0 Å². The van der Waals surface area contributed by atoms with E-state index in [9.17, 15) is 0 Å². The second-order valence-electron chi connectivity index (χ2n) is 4.26. The van der Waals surface area contributed by atoms with Gasteiger partial charge >= 0.3 is 0 Å². The molecule has 0 bridgehead atoms. The first-order valence-corrected chi connectivity index (χ1v) is 5.71. The van der Waals surface area contributed by atoms with Gasteiger partial charge in [0.15, 0.2) is 0 Å². The Labute approximate surface area is 97.0 Å². The second-order valence-corrected chi connectivity index (χ2v) is 4.26. The van der Waals surface area contributed by atoms with E-state index in [2.05, 4.69) is 24.1 Å². The molecule has 0 amide bonds. The molecular weight excluding hydrogens is 202 g/mol. The summed E-state index contributed by atoms with van der Waals surface area (Å²) in [6.07, 6.45) is 1.12. The van der Waals surface area contributed by atoms with Crippen molar-refractivity contribution in [3.63, 3.8) is 0 Å². The molecule has 0 unspecified atom stereocenters. The summed E-state index contributed by atoms with van der Waals surface area (Å²) in [4.78, 5) is 2.34. The molecule has 0 aromatic heterocycles. The zero-order chi connectivity index (χ0) is 11.4. The lowest BCUT2D eigenvalue weighted by Crippen LogP contribution is -2.26. The molecule has 1 aromatic rings. The molecular formula is C13H19NO2. The Hall–Kier alpha value is -1.06. The van der Waals surface area contributed by atoms with Crippen LogP contribution < -0.4 is 4.74 Å². The molecule has 0 fully saturated rings. The van der Waals surface area contributed by atoms with Crippen LogP contribution in [0, 0.1) is 0 Å². The van der Waals surface area contributed by atoms with Crippen molar-refractivity contribution in [2.24, 2.45) is 0 Å². The third-order valence-electron chi connectivity index (χ3n) is 2.94. The molecule has 0 spiro atoms. The van der Waals surface area contributed by atoms with Crippen molar-refractivity contribution in [1.82, 2.24) is 4.90 Å². The Balaban J connectivity index is 2.02. The highest BCUT2D eigenvalue weighted by Crippen LogP contribution is 2.23. The van der Waals surface area contributed by atoms with Gasteiger partial charge in [-0.3, -0.25) is 0 Å². The molecule has 2 rings (SSSR count). The zero-order valence-corrected chi connectivity index (χ0v) is 10.0. The average molecular weight is 221 g/mol. The van der Waals surface area contributed by atoms with Crippen LogP contribution in [0.3, 0.4) is 0 Å². The first-order valence-electron chi connectivity index (χ1n) is 5.71. The minimum absolute atomic E-state index is 0.620. The number of benzene rings is 1. The number of methoxy groups -OCH3 is 1. The van der Waals surface area contributed by atoms with Gasteiger partial charge < -0.3 is 14.4 Å². The van der Waals surface area contributed by atoms with Crippen molar-refractivity contribution in [2.45, 2.75) is 13.0 Å². The fourth-order valence-corrected chi connectivity index (χ4v) is 2.00. The summed E-state index contributed by atoms with van der Waals surface area (Å²) < 4.78 is 10.6. The first kappa shape index (κ1) is 11.4. The minimum atomic E-state index is 0.620. The summed E-state index contributed by atoms with van der Waals surface area (Å²) in [5.41, 5.74) is 2.85. The smallest absolute Gasteiger partial charge is 0.119 e. The molecule has 0 saturated heterocycles. The van der Waals surface area contributed by atoms with Gasteiger partial charge in [0.25, 0.3) is 0 Å². The Morgan fingerprint density at radius 1 is 1.25 bits per heavy atom. The van der Waals surface area contributed by atoms with E-state index in [1.807, 2.05) is 6.07 Å². The standard InChI is InChI=1S/C13H19NO2/c1-14-6-5-11-9-13(16-8-7-15-2)4-3-12(11)10-14/h3-4,9H,5-8,10H2,1-2H3. The fraction of sp³-hybridized carbons (Fsp3) is 0.538. The van der Waals surface area contributed by atoms with Crippen LogP contribution in [0.1, 0.15) is 11.1 Å². The first-order chi connectivity index (χ1) is 7.79. The molecule has 1 heterocycles. The summed E-state index contributed by atoms with van der Waals surface area (Å²) in [5, 5.41) is 0. The monoisotopic (exact) mass is 221 g/mol. The van der Waals surface area contributed by atoms with Crippen LogP contribution in [0.4, 0.5) is 0 Å². The van der Waals surface area contributed by atoms with Crippen molar-refractivity contribution in [3.05, 3.63) is 29.3 Å². The molecule has 88 valence electrons. The summed E-state index contributed by atoms with van der Waals surface area (Å²) in [5.74, 6) is 0.959. The van der Waals surface area contributed by atoms with Crippen LogP contribution >= 0.6 is 0 Å². The molecule has 0 radical (unpaired) electrons. The van der Waals surface area contributed by atoms with Gasteiger partial charge in [0, 0.05) is 20.2 Å². The van der Waals surface area contributed by atoms with E-state index >= 15 is 0 Å². The summed E-state index contributed by atoms with van der Waals surface area (Å²) >= 11 is 0. The van der Waals surface area contributed by atoms with E-state index in [0.717, 1.165) is 25.3 Å². The number of nitrogens with zero attached hydrogens (tertiary/aromatic N) is 1. The predicted molar refractivity (Wildman–Crippen MR) is 63.9 cm³/mol. The van der Waals surface area contributed by atoms with Crippen molar-refractivity contribution in [1.29, 1.82) is 0 Å². The third-order valence-corrected chi connectivity index (χ3v) is 2.94. The summed E-state index contributed by atoms with van der Waals surface area (Å²) in [6.45, 7) is 3.44. The SMILES string of the molecule is COCCOc1ccc2c(c1)CCN(C)C2. The lowest BCUT2D eigenvalue weighted by Gasteiger charge is -2.25. The van der Waals surface area contributed by atoms with E-state index < -0.39 is 0 Å². The van der Waals surface area contributed by atoms with E-state index in [4.69, 9.17) is 9.47 Å².